The molecule has 1 atom stereocenters. The van der Waals surface area contributed by atoms with Crippen molar-refractivity contribution in [3.05, 3.63) is 23.8 Å². The topological polar surface area (TPSA) is 84.0 Å². The number of anilines is 1. The monoisotopic (exact) mass is 380 g/mol. The summed E-state index contributed by atoms with van der Waals surface area (Å²) in [6, 6.07) is 4.90. The van der Waals surface area contributed by atoms with Crippen molar-refractivity contribution in [2.45, 2.75) is 38.0 Å². The normalized spacial score (nSPS) is 20.7. The van der Waals surface area contributed by atoms with Crippen molar-refractivity contribution in [3.63, 3.8) is 0 Å². The zero-order valence-corrected chi connectivity index (χ0v) is 15.9. The standard InChI is InChI=1S/C18H24N2O5S/c1-3-25-18(22)15-5-4-9-19(12-15)26(23,24)16-6-7-17-14(11-16)8-10-20(17)13(2)21/h6-7,11,15H,3-5,8-10,12H2,1-2H3. The van der Waals surface area contributed by atoms with Gasteiger partial charge in [-0.05, 0) is 49.9 Å². The highest BCUT2D eigenvalue weighted by atomic mass is 32.2. The number of piperidine rings is 1. The second kappa shape index (κ2) is 7.36. The molecule has 0 spiro atoms. The van der Waals surface area contributed by atoms with E-state index in [2.05, 4.69) is 0 Å². The van der Waals surface area contributed by atoms with Crippen molar-refractivity contribution in [1.29, 1.82) is 0 Å². The van der Waals surface area contributed by atoms with Gasteiger partial charge in [-0.15, -0.1) is 0 Å². The first-order chi connectivity index (χ1) is 12.3. The minimum atomic E-state index is -3.68. The molecule has 0 radical (unpaired) electrons. The third-order valence-electron chi connectivity index (χ3n) is 4.97. The Labute approximate surface area is 154 Å². The molecular weight excluding hydrogens is 356 g/mol. The minimum Gasteiger partial charge on any atom is -0.466 e. The SMILES string of the molecule is CCOC(=O)C1CCCN(S(=O)(=O)c2ccc3c(c2)CCN3C(C)=O)C1. The van der Waals surface area contributed by atoms with Crippen LogP contribution < -0.4 is 4.90 Å². The van der Waals surface area contributed by atoms with Crippen LogP contribution in [0.25, 0.3) is 0 Å². The van der Waals surface area contributed by atoms with E-state index in [1.54, 1.807) is 30.0 Å². The number of esters is 1. The molecule has 2 aliphatic rings. The fourth-order valence-corrected chi connectivity index (χ4v) is 5.20. The molecule has 142 valence electrons. The van der Waals surface area contributed by atoms with Crippen LogP contribution in [-0.4, -0.2) is 50.8 Å². The lowest BCUT2D eigenvalue weighted by molar-refractivity contribution is -0.149. The van der Waals surface area contributed by atoms with Crippen molar-refractivity contribution >= 4 is 27.6 Å². The van der Waals surface area contributed by atoms with Gasteiger partial charge in [-0.2, -0.15) is 4.31 Å². The smallest absolute Gasteiger partial charge is 0.310 e. The minimum absolute atomic E-state index is 0.0485. The number of amides is 1. The molecule has 7 nitrogen and oxygen atoms in total. The van der Waals surface area contributed by atoms with Crippen LogP contribution in [0.4, 0.5) is 5.69 Å². The van der Waals surface area contributed by atoms with E-state index in [-0.39, 0.29) is 23.3 Å². The predicted octanol–water partition coefficient (Wildman–Crippen LogP) is 1.56. The van der Waals surface area contributed by atoms with Gasteiger partial charge < -0.3 is 9.64 Å². The maximum absolute atomic E-state index is 13.0. The van der Waals surface area contributed by atoms with E-state index in [9.17, 15) is 18.0 Å². The van der Waals surface area contributed by atoms with Gasteiger partial charge in [0.15, 0.2) is 0 Å². The summed E-state index contributed by atoms with van der Waals surface area (Å²) in [7, 11) is -3.68. The zero-order valence-electron chi connectivity index (χ0n) is 15.1. The van der Waals surface area contributed by atoms with E-state index >= 15 is 0 Å². The van der Waals surface area contributed by atoms with Crippen molar-refractivity contribution in [3.8, 4) is 0 Å². The molecule has 1 amide bonds. The number of sulfonamides is 1. The highest BCUT2D eigenvalue weighted by molar-refractivity contribution is 7.89. The van der Waals surface area contributed by atoms with Gasteiger partial charge in [0.25, 0.3) is 0 Å². The molecule has 0 aromatic heterocycles. The molecule has 1 saturated heterocycles. The fraction of sp³-hybridized carbons (Fsp3) is 0.556. The van der Waals surface area contributed by atoms with Crippen molar-refractivity contribution in [2.24, 2.45) is 5.92 Å². The summed E-state index contributed by atoms with van der Waals surface area (Å²) in [6.07, 6.45) is 1.91. The van der Waals surface area contributed by atoms with Crippen LogP contribution >= 0.6 is 0 Å². The maximum Gasteiger partial charge on any atom is 0.310 e. The number of rotatable bonds is 4. The molecule has 0 saturated carbocycles. The Hall–Kier alpha value is -1.93. The summed E-state index contributed by atoms with van der Waals surface area (Å²) in [6.45, 7) is 4.65. The largest absolute Gasteiger partial charge is 0.466 e. The zero-order chi connectivity index (χ0) is 18.9. The Bertz CT molecular complexity index is 821. The lowest BCUT2D eigenvalue weighted by Crippen LogP contribution is -2.42. The second-order valence-electron chi connectivity index (χ2n) is 6.67. The van der Waals surface area contributed by atoms with Crippen LogP contribution in [0.2, 0.25) is 0 Å². The third-order valence-corrected chi connectivity index (χ3v) is 6.83. The molecule has 8 heteroatoms. The summed E-state index contributed by atoms with van der Waals surface area (Å²) in [4.78, 5) is 25.5. The van der Waals surface area contributed by atoms with Gasteiger partial charge in [-0.3, -0.25) is 9.59 Å². The molecule has 1 unspecified atom stereocenters. The lowest BCUT2D eigenvalue weighted by atomic mass is 10.0. The van der Waals surface area contributed by atoms with Gasteiger partial charge in [0.2, 0.25) is 15.9 Å². The van der Waals surface area contributed by atoms with E-state index in [4.69, 9.17) is 4.74 Å². The summed E-state index contributed by atoms with van der Waals surface area (Å²) >= 11 is 0. The fourth-order valence-electron chi connectivity index (χ4n) is 3.63. The number of benzene rings is 1. The number of hydrogen-bond acceptors (Lipinski definition) is 5. The van der Waals surface area contributed by atoms with E-state index < -0.39 is 15.9 Å². The summed E-state index contributed by atoms with van der Waals surface area (Å²) in [5, 5.41) is 0. The maximum atomic E-state index is 13.0. The number of ether oxygens (including phenoxy) is 1. The predicted molar refractivity (Wildman–Crippen MR) is 96.3 cm³/mol. The summed E-state index contributed by atoms with van der Waals surface area (Å²) in [5.74, 6) is -0.799. The number of fused-ring (bicyclic) bond motifs is 1. The Kier molecular flexibility index (Phi) is 5.34. The van der Waals surface area contributed by atoms with Gasteiger partial charge in [-0.25, -0.2) is 8.42 Å². The Morgan fingerprint density at radius 3 is 2.73 bits per heavy atom. The van der Waals surface area contributed by atoms with Gasteiger partial charge >= 0.3 is 5.97 Å². The van der Waals surface area contributed by atoms with E-state index in [1.807, 2.05) is 0 Å². The molecule has 26 heavy (non-hydrogen) atoms. The Morgan fingerprint density at radius 1 is 1.27 bits per heavy atom. The molecule has 2 heterocycles. The van der Waals surface area contributed by atoms with Crippen LogP contribution in [0.15, 0.2) is 23.1 Å². The molecule has 1 fully saturated rings. The van der Waals surface area contributed by atoms with E-state index in [1.165, 1.54) is 11.2 Å². The molecule has 1 aromatic carbocycles. The van der Waals surface area contributed by atoms with Gasteiger partial charge in [0, 0.05) is 32.2 Å². The van der Waals surface area contributed by atoms with Crippen LogP contribution in [0.1, 0.15) is 32.3 Å². The first-order valence-electron chi connectivity index (χ1n) is 8.92. The average molecular weight is 380 g/mol. The molecule has 3 rings (SSSR count). The molecular formula is C18H24N2O5S. The van der Waals surface area contributed by atoms with E-state index in [0.717, 1.165) is 11.3 Å². The quantitative estimate of drug-likeness (QED) is 0.740. The van der Waals surface area contributed by atoms with Crippen molar-refractivity contribution in [1.82, 2.24) is 4.31 Å². The summed E-state index contributed by atoms with van der Waals surface area (Å²) in [5.41, 5.74) is 1.64. The summed E-state index contributed by atoms with van der Waals surface area (Å²) < 4.78 is 32.5. The Balaban J connectivity index is 1.82. The average Bonchev–Trinajstić information content (AvgIpc) is 3.05. The molecule has 0 bridgehead atoms. The molecule has 0 aliphatic carbocycles. The third kappa shape index (κ3) is 3.48. The van der Waals surface area contributed by atoms with Gasteiger partial charge in [-0.1, -0.05) is 0 Å². The van der Waals surface area contributed by atoms with Gasteiger partial charge in [0.1, 0.15) is 0 Å². The van der Waals surface area contributed by atoms with Crippen molar-refractivity contribution in [2.75, 3.05) is 31.1 Å². The number of carbonyl (C=O) groups excluding carboxylic acids is 2. The number of nitrogens with zero attached hydrogens (tertiary/aromatic N) is 2. The lowest BCUT2D eigenvalue weighted by Gasteiger charge is -2.30. The van der Waals surface area contributed by atoms with Crippen LogP contribution in [0.5, 0.6) is 0 Å². The highest BCUT2D eigenvalue weighted by Gasteiger charge is 2.35. The number of hydrogen-bond donors (Lipinski definition) is 0. The molecule has 2 aliphatic heterocycles. The first-order valence-corrected chi connectivity index (χ1v) is 10.4. The first kappa shape index (κ1) is 18.8. The second-order valence-corrected chi connectivity index (χ2v) is 8.60. The molecule has 0 N–H and O–H groups in total. The number of carbonyl (C=O) groups is 2. The van der Waals surface area contributed by atoms with E-state index in [0.29, 0.717) is 39.0 Å². The van der Waals surface area contributed by atoms with Crippen LogP contribution in [-0.2, 0) is 30.8 Å². The molecule has 1 aromatic rings. The van der Waals surface area contributed by atoms with Gasteiger partial charge in [0.05, 0.1) is 17.4 Å². The highest BCUT2D eigenvalue weighted by Crippen LogP contribution is 2.32. The van der Waals surface area contributed by atoms with Crippen molar-refractivity contribution < 1.29 is 22.7 Å². The Morgan fingerprint density at radius 2 is 2.04 bits per heavy atom. The van der Waals surface area contributed by atoms with Crippen LogP contribution in [0, 0.1) is 5.92 Å². The van der Waals surface area contributed by atoms with Crippen LogP contribution in [0.3, 0.4) is 0 Å².